The molecule has 3 aliphatic heterocycles. The smallest absolute Gasteiger partial charge is 0.231 e. The van der Waals surface area contributed by atoms with Gasteiger partial charge in [0.15, 0.2) is 11.5 Å². The van der Waals surface area contributed by atoms with Crippen LogP contribution in [0.1, 0.15) is 23.1 Å². The third-order valence-corrected chi connectivity index (χ3v) is 4.83. The molecular formula is C18H12O5. The molecule has 0 saturated heterocycles. The molecule has 3 aliphatic rings. The number of ether oxygens (including phenoxy) is 4. The van der Waals surface area contributed by atoms with Gasteiger partial charge in [-0.1, -0.05) is 0 Å². The van der Waals surface area contributed by atoms with Gasteiger partial charge in [-0.2, -0.15) is 0 Å². The molecule has 4 heterocycles. The SMILES string of the molecule is c1cc2cc3c(cc2o1)OC[C@H]1c2cc4c(cc2O[C@H]31)OCO4. The van der Waals surface area contributed by atoms with Crippen LogP contribution in [0.15, 0.2) is 41.0 Å². The van der Waals surface area contributed by atoms with Crippen molar-refractivity contribution in [1.82, 2.24) is 0 Å². The zero-order valence-electron chi connectivity index (χ0n) is 12.1. The Kier molecular flexibility index (Phi) is 2.00. The van der Waals surface area contributed by atoms with Crippen LogP contribution < -0.4 is 18.9 Å². The summed E-state index contributed by atoms with van der Waals surface area (Å²) in [6.07, 6.45) is 1.65. The number of rotatable bonds is 0. The minimum absolute atomic E-state index is 0.0458. The van der Waals surface area contributed by atoms with Gasteiger partial charge in [-0.05, 0) is 18.2 Å². The molecule has 2 aromatic carbocycles. The lowest BCUT2D eigenvalue weighted by Gasteiger charge is -2.27. The van der Waals surface area contributed by atoms with E-state index in [-0.39, 0.29) is 18.8 Å². The highest BCUT2D eigenvalue weighted by atomic mass is 16.7. The quantitative estimate of drug-likeness (QED) is 0.632. The number of hydrogen-bond donors (Lipinski definition) is 0. The summed E-state index contributed by atoms with van der Waals surface area (Å²) in [5.41, 5.74) is 3.02. The average molecular weight is 308 g/mol. The molecule has 0 radical (unpaired) electrons. The Labute approximate surface area is 131 Å². The molecule has 0 fully saturated rings. The van der Waals surface area contributed by atoms with E-state index in [9.17, 15) is 0 Å². The number of benzene rings is 2. The lowest BCUT2D eigenvalue weighted by molar-refractivity contribution is 0.139. The second-order valence-corrected chi connectivity index (χ2v) is 6.05. The largest absolute Gasteiger partial charge is 0.492 e. The Morgan fingerprint density at radius 3 is 2.70 bits per heavy atom. The van der Waals surface area contributed by atoms with Crippen molar-refractivity contribution in [3.05, 3.63) is 47.7 Å². The average Bonchev–Trinajstić information content (AvgIpc) is 3.27. The van der Waals surface area contributed by atoms with Crippen molar-refractivity contribution in [3.63, 3.8) is 0 Å². The van der Waals surface area contributed by atoms with Crippen molar-refractivity contribution in [2.24, 2.45) is 0 Å². The maximum atomic E-state index is 6.24. The molecular weight excluding hydrogens is 296 g/mol. The number of furan rings is 1. The van der Waals surface area contributed by atoms with Crippen LogP contribution >= 0.6 is 0 Å². The normalized spacial score (nSPS) is 23.0. The van der Waals surface area contributed by atoms with E-state index in [1.54, 1.807) is 6.26 Å². The van der Waals surface area contributed by atoms with Crippen LogP contribution in [0.4, 0.5) is 0 Å². The van der Waals surface area contributed by atoms with Gasteiger partial charge in [0.05, 0.1) is 18.8 Å². The van der Waals surface area contributed by atoms with Crippen LogP contribution in [0.5, 0.6) is 23.0 Å². The Balaban J connectivity index is 1.51. The fourth-order valence-corrected chi connectivity index (χ4v) is 3.71. The van der Waals surface area contributed by atoms with Gasteiger partial charge in [0.2, 0.25) is 6.79 Å². The fourth-order valence-electron chi connectivity index (χ4n) is 3.71. The van der Waals surface area contributed by atoms with E-state index in [1.807, 2.05) is 24.3 Å². The first kappa shape index (κ1) is 11.7. The van der Waals surface area contributed by atoms with Crippen molar-refractivity contribution >= 4 is 11.0 Å². The third-order valence-electron chi connectivity index (χ3n) is 4.83. The van der Waals surface area contributed by atoms with E-state index in [2.05, 4.69) is 6.07 Å². The molecule has 0 N–H and O–H groups in total. The van der Waals surface area contributed by atoms with Gasteiger partial charge in [0.1, 0.15) is 23.2 Å². The zero-order valence-corrected chi connectivity index (χ0v) is 12.1. The summed E-state index contributed by atoms with van der Waals surface area (Å²) in [6.45, 7) is 0.848. The van der Waals surface area contributed by atoms with Crippen molar-refractivity contribution in [1.29, 1.82) is 0 Å². The molecule has 0 amide bonds. The summed E-state index contributed by atoms with van der Waals surface area (Å²) in [4.78, 5) is 0. The standard InChI is InChI=1S/C18H12O5/c1-2-19-13-5-14-11(3-9(1)13)18-12(7-20-14)10-4-16-17(22-8-21-16)6-15(10)23-18/h1-6,12,18H,7-8H2/t12-,18+/m0/s1. The van der Waals surface area contributed by atoms with Gasteiger partial charge in [-0.3, -0.25) is 0 Å². The van der Waals surface area contributed by atoms with E-state index in [4.69, 9.17) is 23.4 Å². The first-order valence-corrected chi connectivity index (χ1v) is 7.61. The van der Waals surface area contributed by atoms with Crippen LogP contribution in [0.2, 0.25) is 0 Å². The van der Waals surface area contributed by atoms with Crippen LogP contribution in [0, 0.1) is 0 Å². The minimum atomic E-state index is -0.0458. The molecule has 0 spiro atoms. The van der Waals surface area contributed by atoms with E-state index in [0.717, 1.165) is 45.1 Å². The number of fused-ring (bicyclic) bond motifs is 7. The molecule has 3 aromatic rings. The maximum absolute atomic E-state index is 6.24. The summed E-state index contributed by atoms with van der Waals surface area (Å²) < 4.78 is 28.6. The first-order valence-electron chi connectivity index (χ1n) is 7.61. The molecule has 2 atom stereocenters. The Hall–Kier alpha value is -2.82. The van der Waals surface area contributed by atoms with Crippen LogP contribution in [0.3, 0.4) is 0 Å². The Morgan fingerprint density at radius 2 is 1.74 bits per heavy atom. The maximum Gasteiger partial charge on any atom is 0.231 e. The summed E-state index contributed by atoms with van der Waals surface area (Å²) >= 11 is 0. The van der Waals surface area contributed by atoms with Gasteiger partial charge in [0, 0.05) is 28.6 Å². The summed E-state index contributed by atoms with van der Waals surface area (Å²) in [5, 5.41) is 1.06. The molecule has 0 aliphatic carbocycles. The highest BCUT2D eigenvalue weighted by Gasteiger charge is 2.42. The van der Waals surface area contributed by atoms with E-state index >= 15 is 0 Å². The molecule has 5 heteroatoms. The zero-order chi connectivity index (χ0) is 15.0. The van der Waals surface area contributed by atoms with Crippen LogP contribution in [0.25, 0.3) is 11.0 Å². The third kappa shape index (κ3) is 1.46. The predicted molar refractivity (Wildman–Crippen MR) is 80.4 cm³/mol. The summed E-state index contributed by atoms with van der Waals surface area (Å²) in [7, 11) is 0. The van der Waals surface area contributed by atoms with E-state index < -0.39 is 0 Å². The molecule has 6 rings (SSSR count). The second-order valence-electron chi connectivity index (χ2n) is 6.05. The van der Waals surface area contributed by atoms with Crippen molar-refractivity contribution in [2.45, 2.75) is 12.0 Å². The van der Waals surface area contributed by atoms with Crippen molar-refractivity contribution < 1.29 is 23.4 Å². The molecule has 0 saturated carbocycles. The summed E-state index contributed by atoms with van der Waals surface area (Å²) in [6, 6.07) is 9.94. The van der Waals surface area contributed by atoms with Gasteiger partial charge in [-0.15, -0.1) is 0 Å². The molecule has 5 nitrogen and oxygen atoms in total. The fraction of sp³-hybridized carbons (Fsp3) is 0.222. The molecule has 1 aromatic heterocycles. The van der Waals surface area contributed by atoms with E-state index in [1.165, 1.54) is 0 Å². The molecule has 0 unspecified atom stereocenters. The van der Waals surface area contributed by atoms with Crippen molar-refractivity contribution in [3.8, 4) is 23.0 Å². The van der Waals surface area contributed by atoms with Gasteiger partial charge >= 0.3 is 0 Å². The topological polar surface area (TPSA) is 50.1 Å². The van der Waals surface area contributed by atoms with Gasteiger partial charge in [0.25, 0.3) is 0 Å². The Morgan fingerprint density at radius 1 is 0.826 bits per heavy atom. The van der Waals surface area contributed by atoms with Gasteiger partial charge in [-0.25, -0.2) is 0 Å². The first-order chi connectivity index (χ1) is 11.4. The summed E-state index contributed by atoms with van der Waals surface area (Å²) in [5.74, 6) is 3.38. The number of hydrogen-bond acceptors (Lipinski definition) is 5. The molecule has 114 valence electrons. The predicted octanol–water partition coefficient (Wildman–Crippen LogP) is 3.77. The molecule has 23 heavy (non-hydrogen) atoms. The minimum Gasteiger partial charge on any atom is -0.492 e. The lowest BCUT2D eigenvalue weighted by Crippen LogP contribution is -2.23. The Bertz CT molecular complexity index is 957. The highest BCUT2D eigenvalue weighted by molar-refractivity contribution is 5.80. The van der Waals surface area contributed by atoms with E-state index in [0.29, 0.717) is 6.61 Å². The van der Waals surface area contributed by atoms with Crippen molar-refractivity contribution in [2.75, 3.05) is 13.4 Å². The molecule has 0 bridgehead atoms. The van der Waals surface area contributed by atoms with Gasteiger partial charge < -0.3 is 23.4 Å². The monoisotopic (exact) mass is 308 g/mol. The highest BCUT2D eigenvalue weighted by Crippen LogP contribution is 2.54. The van der Waals surface area contributed by atoms with Crippen LogP contribution in [-0.4, -0.2) is 13.4 Å². The van der Waals surface area contributed by atoms with Crippen LogP contribution in [-0.2, 0) is 0 Å². The lowest BCUT2D eigenvalue weighted by atomic mass is 9.89. The second kappa shape index (κ2) is 3.93.